The number of esters is 1. The lowest BCUT2D eigenvalue weighted by molar-refractivity contribution is 0.0600. The Morgan fingerprint density at radius 3 is 2.54 bits per heavy atom. The van der Waals surface area contributed by atoms with E-state index in [1.807, 2.05) is 30.3 Å². The molecular weight excluding hydrogens is 333 g/mol. The molecule has 128 valence electrons. The topological polar surface area (TPSA) is 69.7 Å². The molecule has 0 saturated heterocycles. The maximum absolute atomic E-state index is 14.1. The Labute approximate surface area is 142 Å². The second kappa shape index (κ2) is 8.68. The average molecular weight is 350 g/mol. The van der Waals surface area contributed by atoms with Crippen molar-refractivity contribution in [3.8, 4) is 0 Å². The number of hydrogen-bond donors (Lipinski definition) is 0. The van der Waals surface area contributed by atoms with Gasteiger partial charge in [0.2, 0.25) is 0 Å². The zero-order valence-corrected chi connectivity index (χ0v) is 13.9. The zero-order valence-electron chi connectivity index (χ0n) is 13.1. The summed E-state index contributed by atoms with van der Waals surface area (Å²) in [7, 11) is 1.21. The van der Waals surface area contributed by atoms with Gasteiger partial charge < -0.3 is 9.29 Å². The van der Waals surface area contributed by atoms with Crippen LogP contribution in [0.15, 0.2) is 48.5 Å². The standard InChI is InChI=1S/C17H18FNO4S/c1-23-17(20)14-7-8-15(16(18)11-14)12-19(24(21)22)10-9-13-5-3-2-4-6-13/h2-8,11H,9-10,12H2,1H3,(H,21,22)/p-1. The van der Waals surface area contributed by atoms with Gasteiger partial charge in [-0.1, -0.05) is 36.4 Å². The molecule has 0 aliphatic heterocycles. The number of nitrogens with zero attached hydrogens (tertiary/aromatic N) is 1. The highest BCUT2D eigenvalue weighted by molar-refractivity contribution is 7.76. The van der Waals surface area contributed by atoms with Crippen molar-refractivity contribution < 1.29 is 22.7 Å². The Morgan fingerprint density at radius 2 is 1.96 bits per heavy atom. The van der Waals surface area contributed by atoms with Crippen molar-refractivity contribution in [1.29, 1.82) is 0 Å². The molecule has 0 N–H and O–H groups in total. The molecule has 0 aromatic heterocycles. The molecule has 0 spiro atoms. The van der Waals surface area contributed by atoms with E-state index >= 15 is 0 Å². The van der Waals surface area contributed by atoms with Crippen molar-refractivity contribution in [2.45, 2.75) is 13.0 Å². The average Bonchev–Trinajstić information content (AvgIpc) is 2.59. The monoisotopic (exact) mass is 350 g/mol. The van der Waals surface area contributed by atoms with Crippen LogP contribution in [-0.4, -0.2) is 32.7 Å². The molecule has 1 unspecified atom stereocenters. The van der Waals surface area contributed by atoms with Crippen molar-refractivity contribution >= 4 is 17.2 Å². The second-order valence-corrected chi connectivity index (χ2v) is 6.06. The normalized spacial score (nSPS) is 12.2. The third-order valence-corrected chi connectivity index (χ3v) is 4.26. The number of carbonyl (C=O) groups excluding carboxylic acids is 1. The molecule has 0 aliphatic carbocycles. The van der Waals surface area contributed by atoms with Crippen LogP contribution in [-0.2, 0) is 29.0 Å². The molecular formula is C17H17FNO4S-. The van der Waals surface area contributed by atoms with Gasteiger partial charge in [-0.3, -0.25) is 4.21 Å². The quantitative estimate of drug-likeness (QED) is 0.568. The molecule has 0 bridgehead atoms. The fourth-order valence-corrected chi connectivity index (χ4v) is 2.70. The lowest BCUT2D eigenvalue weighted by Gasteiger charge is -2.24. The summed E-state index contributed by atoms with van der Waals surface area (Å²) in [5, 5.41) is 0. The first-order valence-corrected chi connectivity index (χ1v) is 8.29. The van der Waals surface area contributed by atoms with Crippen molar-refractivity contribution in [1.82, 2.24) is 4.31 Å². The highest BCUT2D eigenvalue weighted by atomic mass is 32.2. The van der Waals surface area contributed by atoms with Crippen molar-refractivity contribution in [2.24, 2.45) is 0 Å². The fourth-order valence-electron chi connectivity index (χ4n) is 2.22. The van der Waals surface area contributed by atoms with E-state index in [4.69, 9.17) is 0 Å². The maximum atomic E-state index is 14.1. The summed E-state index contributed by atoms with van der Waals surface area (Å²) < 4.78 is 42.5. The lowest BCUT2D eigenvalue weighted by atomic mass is 10.1. The van der Waals surface area contributed by atoms with Crippen molar-refractivity contribution in [3.05, 3.63) is 71.0 Å². The summed E-state index contributed by atoms with van der Waals surface area (Å²) in [5.74, 6) is -1.29. The molecule has 1 atom stereocenters. The summed E-state index contributed by atoms with van der Waals surface area (Å²) in [5.41, 5.74) is 1.27. The third kappa shape index (κ3) is 4.95. The van der Waals surface area contributed by atoms with Crippen LogP contribution >= 0.6 is 0 Å². The van der Waals surface area contributed by atoms with Crippen LogP contribution in [0.1, 0.15) is 21.5 Å². The van der Waals surface area contributed by atoms with Crippen LogP contribution in [0.2, 0.25) is 0 Å². The third-order valence-electron chi connectivity index (χ3n) is 3.52. The van der Waals surface area contributed by atoms with Crippen molar-refractivity contribution in [2.75, 3.05) is 13.7 Å². The number of ether oxygens (including phenoxy) is 1. The van der Waals surface area contributed by atoms with Crippen LogP contribution in [0.5, 0.6) is 0 Å². The van der Waals surface area contributed by atoms with E-state index in [1.54, 1.807) is 0 Å². The van der Waals surface area contributed by atoms with Gasteiger partial charge in [-0.05, 0) is 24.1 Å². The van der Waals surface area contributed by atoms with Gasteiger partial charge in [-0.25, -0.2) is 13.5 Å². The van der Waals surface area contributed by atoms with E-state index in [-0.39, 0.29) is 24.2 Å². The molecule has 7 heteroatoms. The van der Waals surface area contributed by atoms with Crippen molar-refractivity contribution in [3.63, 3.8) is 0 Å². The predicted molar refractivity (Wildman–Crippen MR) is 87.2 cm³/mol. The minimum Gasteiger partial charge on any atom is -0.760 e. The van der Waals surface area contributed by atoms with Gasteiger partial charge in [0.1, 0.15) is 5.82 Å². The Kier molecular flexibility index (Phi) is 6.60. The van der Waals surface area contributed by atoms with Gasteiger partial charge in [0.15, 0.2) is 0 Å². The number of halogens is 1. The molecule has 5 nitrogen and oxygen atoms in total. The van der Waals surface area contributed by atoms with E-state index in [9.17, 15) is 17.9 Å². The smallest absolute Gasteiger partial charge is 0.337 e. The number of benzene rings is 2. The van der Waals surface area contributed by atoms with E-state index in [1.165, 1.54) is 19.2 Å². The molecule has 0 fully saturated rings. The molecule has 0 radical (unpaired) electrons. The zero-order chi connectivity index (χ0) is 17.5. The SMILES string of the molecule is COC(=O)c1ccc(CN(CCc2ccccc2)S(=O)[O-])c(F)c1. The fraction of sp³-hybridized carbons (Fsp3) is 0.235. The summed E-state index contributed by atoms with van der Waals surface area (Å²) in [6.07, 6.45) is 0.524. The van der Waals surface area contributed by atoms with Gasteiger partial charge in [0, 0.05) is 29.9 Å². The molecule has 0 aliphatic rings. The minimum atomic E-state index is -2.48. The van der Waals surface area contributed by atoms with Crippen LogP contribution in [0, 0.1) is 5.82 Å². The summed E-state index contributed by atoms with van der Waals surface area (Å²) in [6.45, 7) is 0.133. The van der Waals surface area contributed by atoms with Gasteiger partial charge in [-0.15, -0.1) is 0 Å². The van der Waals surface area contributed by atoms with Crippen LogP contribution < -0.4 is 0 Å². The highest BCUT2D eigenvalue weighted by Gasteiger charge is 2.13. The van der Waals surface area contributed by atoms with Crippen LogP contribution in [0.4, 0.5) is 4.39 Å². The molecule has 0 heterocycles. The molecule has 2 aromatic carbocycles. The van der Waals surface area contributed by atoms with Gasteiger partial charge >= 0.3 is 5.97 Å². The summed E-state index contributed by atoms with van der Waals surface area (Å²) >= 11 is -2.48. The molecule has 0 amide bonds. The van der Waals surface area contributed by atoms with Crippen LogP contribution in [0.25, 0.3) is 0 Å². The number of rotatable bonds is 7. The first-order chi connectivity index (χ1) is 11.5. The van der Waals surface area contributed by atoms with Gasteiger partial charge in [-0.2, -0.15) is 0 Å². The predicted octanol–water partition coefficient (Wildman–Crippen LogP) is 2.45. The summed E-state index contributed by atoms with van der Waals surface area (Å²) in [4.78, 5) is 11.4. The second-order valence-electron chi connectivity index (χ2n) is 5.11. The van der Waals surface area contributed by atoms with E-state index < -0.39 is 23.1 Å². The Bertz CT molecular complexity index is 724. The molecule has 2 rings (SSSR count). The van der Waals surface area contributed by atoms with E-state index in [0.717, 1.165) is 15.9 Å². The molecule has 2 aromatic rings. The Balaban J connectivity index is 2.07. The highest BCUT2D eigenvalue weighted by Crippen LogP contribution is 2.15. The number of hydrogen-bond acceptors (Lipinski definition) is 4. The molecule has 24 heavy (non-hydrogen) atoms. The Hall–Kier alpha value is -2.09. The first kappa shape index (κ1) is 18.3. The first-order valence-electron chi connectivity index (χ1n) is 7.26. The van der Waals surface area contributed by atoms with E-state index in [2.05, 4.69) is 4.74 Å². The lowest BCUT2D eigenvalue weighted by Crippen LogP contribution is -2.28. The van der Waals surface area contributed by atoms with E-state index in [0.29, 0.717) is 6.42 Å². The van der Waals surface area contributed by atoms with Gasteiger partial charge in [0.25, 0.3) is 0 Å². The molecule has 0 saturated carbocycles. The minimum absolute atomic E-state index is 0.0813. The van der Waals surface area contributed by atoms with Crippen LogP contribution in [0.3, 0.4) is 0 Å². The number of carbonyl (C=O) groups is 1. The maximum Gasteiger partial charge on any atom is 0.337 e. The summed E-state index contributed by atoms with van der Waals surface area (Å²) in [6, 6.07) is 13.3. The number of methoxy groups -OCH3 is 1. The Morgan fingerprint density at radius 1 is 1.25 bits per heavy atom. The van der Waals surface area contributed by atoms with Gasteiger partial charge in [0.05, 0.1) is 12.7 Å². The largest absolute Gasteiger partial charge is 0.760 e.